The lowest BCUT2D eigenvalue weighted by Gasteiger charge is -2.14. The minimum absolute atomic E-state index is 0.714. The van der Waals surface area contributed by atoms with Crippen LogP contribution in [-0.2, 0) is 0 Å². The van der Waals surface area contributed by atoms with E-state index in [2.05, 4.69) is 38.1 Å². The van der Waals surface area contributed by atoms with Crippen LogP contribution in [0, 0.1) is 0 Å². The monoisotopic (exact) mass is 202 g/mol. The third-order valence-electron chi connectivity index (χ3n) is 3.92. The molecule has 1 aliphatic rings. The molecular formula is C15H22. The second kappa shape index (κ2) is 4.83. The highest BCUT2D eigenvalue weighted by Crippen LogP contribution is 2.35. The molecule has 1 aliphatic carbocycles. The van der Waals surface area contributed by atoms with Crippen LogP contribution < -0.4 is 0 Å². The van der Waals surface area contributed by atoms with E-state index in [1.54, 1.807) is 5.56 Å². The second-order valence-corrected chi connectivity index (χ2v) is 4.96. The van der Waals surface area contributed by atoms with E-state index in [9.17, 15) is 0 Å². The van der Waals surface area contributed by atoms with Gasteiger partial charge in [0.2, 0.25) is 0 Å². The first kappa shape index (κ1) is 10.7. The van der Waals surface area contributed by atoms with Crippen molar-refractivity contribution in [2.75, 3.05) is 0 Å². The molecule has 0 heterocycles. The molecule has 1 unspecified atom stereocenters. The summed E-state index contributed by atoms with van der Waals surface area (Å²) in [6.07, 6.45) is 6.92. The van der Waals surface area contributed by atoms with Crippen molar-refractivity contribution in [2.24, 2.45) is 0 Å². The molecule has 1 saturated carbocycles. The summed E-state index contributed by atoms with van der Waals surface area (Å²) in [5.74, 6) is 1.57. The van der Waals surface area contributed by atoms with E-state index in [4.69, 9.17) is 0 Å². The first-order valence-electron chi connectivity index (χ1n) is 6.41. The van der Waals surface area contributed by atoms with Gasteiger partial charge in [0.15, 0.2) is 0 Å². The maximum atomic E-state index is 2.45. The lowest BCUT2D eigenvalue weighted by atomic mass is 9.91. The fourth-order valence-corrected chi connectivity index (χ4v) is 2.61. The summed E-state index contributed by atoms with van der Waals surface area (Å²) < 4.78 is 0. The molecule has 82 valence electrons. The average molecular weight is 202 g/mol. The highest BCUT2D eigenvalue weighted by molar-refractivity contribution is 5.29. The predicted octanol–water partition coefficient (Wildman–Crippen LogP) is 4.86. The van der Waals surface area contributed by atoms with Gasteiger partial charge in [-0.15, -0.1) is 0 Å². The summed E-state index contributed by atoms with van der Waals surface area (Å²) in [6, 6.07) is 9.30. The number of rotatable bonds is 3. The maximum Gasteiger partial charge on any atom is -0.0162 e. The van der Waals surface area contributed by atoms with E-state index >= 15 is 0 Å². The summed E-state index contributed by atoms with van der Waals surface area (Å²) in [5, 5.41) is 0. The Morgan fingerprint density at radius 3 is 2.67 bits per heavy atom. The molecule has 0 N–H and O–H groups in total. The van der Waals surface area contributed by atoms with Gasteiger partial charge in [0.25, 0.3) is 0 Å². The van der Waals surface area contributed by atoms with Gasteiger partial charge in [-0.25, -0.2) is 0 Å². The van der Waals surface area contributed by atoms with Crippen molar-refractivity contribution >= 4 is 0 Å². The van der Waals surface area contributed by atoms with E-state index in [1.807, 2.05) is 0 Å². The lowest BCUT2D eigenvalue weighted by molar-refractivity contribution is 0.705. The Hall–Kier alpha value is -0.780. The van der Waals surface area contributed by atoms with Crippen LogP contribution in [0.15, 0.2) is 24.3 Å². The van der Waals surface area contributed by atoms with Crippen molar-refractivity contribution in [2.45, 2.75) is 57.8 Å². The summed E-state index contributed by atoms with van der Waals surface area (Å²) in [6.45, 7) is 4.60. The minimum Gasteiger partial charge on any atom is -0.0648 e. The first-order valence-corrected chi connectivity index (χ1v) is 6.41. The van der Waals surface area contributed by atoms with Crippen LogP contribution in [-0.4, -0.2) is 0 Å². The molecular weight excluding hydrogens is 180 g/mol. The molecule has 1 aromatic rings. The normalized spacial score (nSPS) is 19.3. The number of benzene rings is 1. The van der Waals surface area contributed by atoms with Crippen LogP contribution in [0.1, 0.15) is 68.9 Å². The van der Waals surface area contributed by atoms with Crippen molar-refractivity contribution in [3.05, 3.63) is 35.4 Å². The molecule has 2 rings (SSSR count). The van der Waals surface area contributed by atoms with Crippen molar-refractivity contribution in [1.29, 1.82) is 0 Å². The molecule has 0 amide bonds. The zero-order valence-electron chi connectivity index (χ0n) is 10.00. The molecule has 0 aliphatic heterocycles. The van der Waals surface area contributed by atoms with Crippen LogP contribution >= 0.6 is 0 Å². The Balaban J connectivity index is 2.18. The van der Waals surface area contributed by atoms with Gasteiger partial charge in [0.1, 0.15) is 0 Å². The smallest absolute Gasteiger partial charge is 0.0162 e. The highest BCUT2D eigenvalue weighted by atomic mass is 14.2. The molecule has 0 aromatic heterocycles. The molecule has 15 heavy (non-hydrogen) atoms. The van der Waals surface area contributed by atoms with Crippen LogP contribution in [0.2, 0.25) is 0 Å². The third kappa shape index (κ3) is 2.42. The summed E-state index contributed by atoms with van der Waals surface area (Å²) in [4.78, 5) is 0. The topological polar surface area (TPSA) is 0 Å². The van der Waals surface area contributed by atoms with E-state index in [0.717, 1.165) is 5.92 Å². The van der Waals surface area contributed by atoms with Crippen LogP contribution in [0.5, 0.6) is 0 Å². The molecule has 0 heteroatoms. The Kier molecular flexibility index (Phi) is 3.45. The largest absolute Gasteiger partial charge is 0.0648 e. The molecule has 0 bridgehead atoms. The fraction of sp³-hybridized carbons (Fsp3) is 0.600. The fourth-order valence-electron chi connectivity index (χ4n) is 2.61. The Morgan fingerprint density at radius 1 is 1.27 bits per heavy atom. The summed E-state index contributed by atoms with van der Waals surface area (Å²) in [7, 11) is 0. The third-order valence-corrected chi connectivity index (χ3v) is 3.92. The Morgan fingerprint density at radius 2 is 2.00 bits per heavy atom. The zero-order valence-corrected chi connectivity index (χ0v) is 10.00. The van der Waals surface area contributed by atoms with Gasteiger partial charge in [-0.2, -0.15) is 0 Å². The van der Waals surface area contributed by atoms with Crippen molar-refractivity contribution in [3.63, 3.8) is 0 Å². The standard InChI is InChI=1S/C15H22/c1-3-12(2)14-9-6-10-15(11-14)13-7-4-5-8-13/h6,9-13H,3-5,7-8H2,1-2H3. The maximum absolute atomic E-state index is 2.45. The van der Waals surface area contributed by atoms with Crippen LogP contribution in [0.4, 0.5) is 0 Å². The quantitative estimate of drug-likeness (QED) is 0.656. The average Bonchev–Trinajstić information content (AvgIpc) is 2.82. The minimum atomic E-state index is 0.714. The van der Waals surface area contributed by atoms with Crippen LogP contribution in [0.25, 0.3) is 0 Å². The molecule has 1 atom stereocenters. The SMILES string of the molecule is CCC(C)c1cccc(C2CCCC2)c1. The molecule has 1 fully saturated rings. The predicted molar refractivity (Wildman–Crippen MR) is 66.4 cm³/mol. The van der Waals surface area contributed by atoms with Crippen LogP contribution in [0.3, 0.4) is 0 Å². The van der Waals surface area contributed by atoms with Gasteiger partial charge in [-0.05, 0) is 42.2 Å². The molecule has 1 aromatic carbocycles. The molecule has 0 radical (unpaired) electrons. The van der Waals surface area contributed by atoms with Gasteiger partial charge >= 0.3 is 0 Å². The molecule has 0 nitrogen and oxygen atoms in total. The molecule has 0 spiro atoms. The molecule has 0 saturated heterocycles. The van der Waals surface area contributed by atoms with Gasteiger partial charge in [0.05, 0.1) is 0 Å². The highest BCUT2D eigenvalue weighted by Gasteiger charge is 2.17. The van der Waals surface area contributed by atoms with E-state index in [1.165, 1.54) is 37.7 Å². The summed E-state index contributed by atoms with van der Waals surface area (Å²) in [5.41, 5.74) is 3.12. The lowest BCUT2D eigenvalue weighted by Crippen LogP contribution is -1.96. The van der Waals surface area contributed by atoms with Crippen molar-refractivity contribution < 1.29 is 0 Å². The zero-order chi connectivity index (χ0) is 10.7. The van der Waals surface area contributed by atoms with E-state index in [0.29, 0.717) is 5.92 Å². The van der Waals surface area contributed by atoms with Crippen molar-refractivity contribution in [1.82, 2.24) is 0 Å². The van der Waals surface area contributed by atoms with Gasteiger partial charge in [-0.1, -0.05) is 51.0 Å². The van der Waals surface area contributed by atoms with E-state index < -0.39 is 0 Å². The Bertz CT molecular complexity index is 308. The van der Waals surface area contributed by atoms with Crippen molar-refractivity contribution in [3.8, 4) is 0 Å². The second-order valence-electron chi connectivity index (χ2n) is 4.96. The number of hydrogen-bond donors (Lipinski definition) is 0. The van der Waals surface area contributed by atoms with Gasteiger partial charge < -0.3 is 0 Å². The first-order chi connectivity index (χ1) is 7.31. The Labute approximate surface area is 93.7 Å². The van der Waals surface area contributed by atoms with E-state index in [-0.39, 0.29) is 0 Å². The van der Waals surface area contributed by atoms with Gasteiger partial charge in [-0.3, -0.25) is 0 Å². The number of hydrogen-bond acceptors (Lipinski definition) is 0. The summed E-state index contributed by atoms with van der Waals surface area (Å²) >= 11 is 0. The van der Waals surface area contributed by atoms with Gasteiger partial charge in [0, 0.05) is 0 Å².